The van der Waals surface area contributed by atoms with Crippen molar-refractivity contribution in [2.45, 2.75) is 51.9 Å². The van der Waals surface area contributed by atoms with Crippen molar-refractivity contribution in [1.82, 2.24) is 14.4 Å². The lowest BCUT2D eigenvalue weighted by atomic mass is 10.0. The number of rotatable bonds is 6. The Bertz CT molecular complexity index is 1330. The number of carboxylic acid groups (broad SMARTS) is 1. The summed E-state index contributed by atoms with van der Waals surface area (Å²) in [7, 11) is 0. The number of hydrogen-bond donors (Lipinski definition) is 2. The molecule has 1 fully saturated rings. The summed E-state index contributed by atoms with van der Waals surface area (Å²) >= 11 is 0. The van der Waals surface area contributed by atoms with Crippen LogP contribution in [0.3, 0.4) is 0 Å². The molecule has 0 aliphatic carbocycles. The summed E-state index contributed by atoms with van der Waals surface area (Å²) < 4.78 is 7.51. The minimum atomic E-state index is -1.38. The third-order valence-corrected chi connectivity index (χ3v) is 6.64. The maximum atomic E-state index is 14.2. The number of amides is 2. The van der Waals surface area contributed by atoms with Gasteiger partial charge in [0.25, 0.3) is 5.91 Å². The predicted molar refractivity (Wildman–Crippen MR) is 147 cm³/mol. The van der Waals surface area contributed by atoms with Crippen LogP contribution in [-0.4, -0.2) is 79.9 Å². The fourth-order valence-electron chi connectivity index (χ4n) is 4.95. The van der Waals surface area contributed by atoms with Gasteiger partial charge >= 0.3 is 12.1 Å². The number of nitrogens with zero attached hydrogens (tertiary/aromatic N) is 3. The molecule has 2 aromatic carbocycles. The molecule has 3 aromatic rings. The van der Waals surface area contributed by atoms with Crippen LogP contribution in [0, 0.1) is 6.92 Å². The summed E-state index contributed by atoms with van der Waals surface area (Å²) in [4.78, 5) is 41.4. The molecule has 1 saturated heterocycles. The number of aliphatic hydroxyl groups excluding tert-OH is 1. The van der Waals surface area contributed by atoms with Gasteiger partial charge in [-0.2, -0.15) is 0 Å². The van der Waals surface area contributed by atoms with E-state index in [4.69, 9.17) is 4.74 Å². The number of para-hydroxylation sites is 1. The first-order valence-electron chi connectivity index (χ1n) is 13.0. The molecule has 0 spiro atoms. The van der Waals surface area contributed by atoms with Gasteiger partial charge in [-0.1, -0.05) is 48.5 Å². The molecule has 0 bridgehead atoms. The molecule has 1 aliphatic rings. The van der Waals surface area contributed by atoms with E-state index in [-0.39, 0.29) is 25.5 Å². The average molecular weight is 534 g/mol. The van der Waals surface area contributed by atoms with Crippen LogP contribution in [0.5, 0.6) is 0 Å². The smallest absolute Gasteiger partial charge is 0.410 e. The van der Waals surface area contributed by atoms with Gasteiger partial charge in [0.1, 0.15) is 5.60 Å². The Kier molecular flexibility index (Phi) is 8.11. The van der Waals surface area contributed by atoms with Crippen LogP contribution in [-0.2, 0) is 9.53 Å². The molecule has 1 unspecified atom stereocenters. The third-order valence-electron chi connectivity index (χ3n) is 6.64. The van der Waals surface area contributed by atoms with Crippen LogP contribution >= 0.6 is 0 Å². The number of aliphatic carboxylic acids is 1. The quantitative estimate of drug-likeness (QED) is 0.487. The van der Waals surface area contributed by atoms with Crippen LogP contribution in [0.25, 0.3) is 16.9 Å². The molecule has 2 atom stereocenters. The molecule has 2 N–H and O–H groups in total. The molecule has 2 heterocycles. The van der Waals surface area contributed by atoms with E-state index >= 15 is 0 Å². The summed E-state index contributed by atoms with van der Waals surface area (Å²) in [5.74, 6) is -1.54. The standard InChI is InChI=1S/C30H35N3O6/c1-20-17-23(27(21-11-7-5-8-12-21)33(20)22-13-9-6-10-14-22)28(37)32-16-15-31(29(38)39-30(2,3)4)19-24(32)25(34)18-26(35)36/h5-14,17,24-25,34H,15-16,18-19H2,1-4H3,(H,35,36)/t24-,25?/m0/s1. The predicted octanol–water partition coefficient (Wildman–Crippen LogP) is 4.35. The Hall–Kier alpha value is -4.11. The number of ether oxygens (including phenoxy) is 1. The number of carbonyl (C=O) groups excluding carboxylic acids is 2. The lowest BCUT2D eigenvalue weighted by molar-refractivity contribution is -0.140. The summed E-state index contributed by atoms with van der Waals surface area (Å²) in [6.07, 6.45) is -2.51. The molecular weight excluding hydrogens is 498 g/mol. The SMILES string of the molecule is Cc1cc(C(=O)N2CCN(C(=O)OC(C)(C)C)C[C@H]2C(O)CC(=O)O)c(-c2ccccc2)n1-c1ccccc1. The first-order valence-corrected chi connectivity index (χ1v) is 13.0. The van der Waals surface area contributed by atoms with E-state index in [0.29, 0.717) is 11.3 Å². The number of benzene rings is 2. The van der Waals surface area contributed by atoms with E-state index in [9.17, 15) is 24.6 Å². The van der Waals surface area contributed by atoms with Crippen molar-refractivity contribution in [3.05, 3.63) is 78.0 Å². The van der Waals surface area contributed by atoms with Crippen molar-refractivity contribution in [1.29, 1.82) is 0 Å². The number of piperazine rings is 1. The molecule has 39 heavy (non-hydrogen) atoms. The van der Waals surface area contributed by atoms with Crippen LogP contribution in [0.2, 0.25) is 0 Å². The zero-order valence-corrected chi connectivity index (χ0v) is 22.7. The molecule has 0 radical (unpaired) electrons. The van der Waals surface area contributed by atoms with E-state index in [0.717, 1.165) is 16.9 Å². The van der Waals surface area contributed by atoms with E-state index in [1.54, 1.807) is 20.8 Å². The highest BCUT2D eigenvalue weighted by Crippen LogP contribution is 2.33. The number of carbonyl (C=O) groups is 3. The van der Waals surface area contributed by atoms with Gasteiger partial charge in [0.2, 0.25) is 0 Å². The normalized spacial score (nSPS) is 16.6. The molecule has 9 nitrogen and oxygen atoms in total. The highest BCUT2D eigenvalue weighted by Gasteiger charge is 2.40. The molecule has 9 heteroatoms. The summed E-state index contributed by atoms with van der Waals surface area (Å²) in [6.45, 7) is 7.45. The number of aromatic nitrogens is 1. The van der Waals surface area contributed by atoms with Crippen LogP contribution in [0.4, 0.5) is 4.79 Å². The third kappa shape index (κ3) is 6.31. The molecule has 1 aromatic heterocycles. The number of carboxylic acids is 1. The Balaban J connectivity index is 1.75. The van der Waals surface area contributed by atoms with Crippen molar-refractivity contribution in [2.24, 2.45) is 0 Å². The van der Waals surface area contributed by atoms with Gasteiger partial charge in [0, 0.05) is 31.0 Å². The van der Waals surface area contributed by atoms with Crippen molar-refractivity contribution in [3.63, 3.8) is 0 Å². The summed E-state index contributed by atoms with van der Waals surface area (Å²) in [5.41, 5.74) is 2.99. The molecule has 206 valence electrons. The van der Waals surface area contributed by atoms with Gasteiger partial charge in [0.05, 0.1) is 29.8 Å². The molecular formula is C30H35N3O6. The van der Waals surface area contributed by atoms with Gasteiger partial charge in [-0.05, 0) is 51.5 Å². The van der Waals surface area contributed by atoms with Gasteiger partial charge < -0.3 is 29.3 Å². The van der Waals surface area contributed by atoms with Gasteiger partial charge in [0.15, 0.2) is 0 Å². The van der Waals surface area contributed by atoms with Gasteiger partial charge in [-0.15, -0.1) is 0 Å². The molecule has 2 amide bonds. The number of hydrogen-bond acceptors (Lipinski definition) is 5. The van der Waals surface area contributed by atoms with Crippen molar-refractivity contribution in [2.75, 3.05) is 19.6 Å². The van der Waals surface area contributed by atoms with E-state index < -0.39 is 36.2 Å². The largest absolute Gasteiger partial charge is 0.481 e. The van der Waals surface area contributed by atoms with Crippen LogP contribution in [0.1, 0.15) is 43.2 Å². The Labute approximate surface area is 228 Å². The minimum absolute atomic E-state index is 0.0475. The highest BCUT2D eigenvalue weighted by molar-refractivity contribution is 6.01. The van der Waals surface area contributed by atoms with Crippen molar-refractivity contribution < 1.29 is 29.3 Å². The molecule has 4 rings (SSSR count). The Morgan fingerprint density at radius 3 is 2.21 bits per heavy atom. The molecule has 0 saturated carbocycles. The number of aliphatic hydroxyl groups is 1. The highest BCUT2D eigenvalue weighted by atomic mass is 16.6. The van der Waals surface area contributed by atoms with Crippen molar-refractivity contribution in [3.8, 4) is 16.9 Å². The van der Waals surface area contributed by atoms with E-state index in [1.807, 2.05) is 78.2 Å². The minimum Gasteiger partial charge on any atom is -0.481 e. The van der Waals surface area contributed by atoms with Gasteiger partial charge in [-0.25, -0.2) is 4.79 Å². The topological polar surface area (TPSA) is 112 Å². The van der Waals surface area contributed by atoms with Crippen molar-refractivity contribution >= 4 is 18.0 Å². The average Bonchev–Trinajstić information content (AvgIpc) is 3.24. The zero-order valence-electron chi connectivity index (χ0n) is 22.7. The summed E-state index contributed by atoms with van der Waals surface area (Å²) in [6, 6.07) is 20.2. The maximum absolute atomic E-state index is 14.2. The van der Waals surface area contributed by atoms with Gasteiger partial charge in [-0.3, -0.25) is 9.59 Å². The van der Waals surface area contributed by atoms with Crippen LogP contribution in [0.15, 0.2) is 66.7 Å². The first kappa shape index (κ1) is 27.9. The fraction of sp³-hybridized carbons (Fsp3) is 0.367. The zero-order chi connectivity index (χ0) is 28.3. The second-order valence-electron chi connectivity index (χ2n) is 10.7. The van der Waals surface area contributed by atoms with E-state index in [2.05, 4.69) is 0 Å². The Morgan fingerprint density at radius 1 is 1.00 bits per heavy atom. The van der Waals surface area contributed by atoms with E-state index in [1.165, 1.54) is 9.80 Å². The van der Waals surface area contributed by atoms with Crippen LogP contribution < -0.4 is 0 Å². The maximum Gasteiger partial charge on any atom is 0.410 e. The monoisotopic (exact) mass is 533 g/mol. The first-order chi connectivity index (χ1) is 18.5. The second kappa shape index (κ2) is 11.3. The Morgan fingerprint density at radius 2 is 1.62 bits per heavy atom. The second-order valence-corrected chi connectivity index (χ2v) is 10.7. The molecule has 1 aliphatic heterocycles. The number of aryl methyl sites for hydroxylation is 1. The fourth-order valence-corrected chi connectivity index (χ4v) is 4.95. The summed E-state index contributed by atoms with van der Waals surface area (Å²) in [5, 5.41) is 20.3. The lowest BCUT2D eigenvalue weighted by Crippen LogP contribution is -2.61. The lowest BCUT2D eigenvalue weighted by Gasteiger charge is -2.43.